The van der Waals surface area contributed by atoms with E-state index in [1.54, 1.807) is 0 Å². The molecule has 0 aromatic heterocycles. The molecule has 0 bridgehead atoms. The van der Waals surface area contributed by atoms with Gasteiger partial charge in [-0.05, 0) is 55.3 Å². The van der Waals surface area contributed by atoms with Gasteiger partial charge in [-0.25, -0.2) is 0 Å². The molecule has 4 nitrogen and oxygen atoms in total. The number of halogens is 1. The van der Waals surface area contributed by atoms with E-state index in [0.717, 1.165) is 48.9 Å². The van der Waals surface area contributed by atoms with Crippen LogP contribution in [0.25, 0.3) is 0 Å². The van der Waals surface area contributed by atoms with Crippen LogP contribution in [-0.4, -0.2) is 44.0 Å². The average molecular weight is 370 g/mol. The van der Waals surface area contributed by atoms with Crippen LogP contribution in [0.15, 0.2) is 48.5 Å². The summed E-state index contributed by atoms with van der Waals surface area (Å²) < 4.78 is 0. The standard InChI is InChI=1S/C21H24ClN3O/c1-24-10-12-25(13-11-24)16-8-6-15(7-9-16)23-21(26)19-14-18(19)17-4-2-3-5-20(17)22/h2-9,18-19H,10-14H2,1H3,(H,23,26). The van der Waals surface area contributed by atoms with Crippen molar-refractivity contribution < 1.29 is 4.79 Å². The lowest BCUT2D eigenvalue weighted by atomic mass is 10.1. The van der Waals surface area contributed by atoms with Crippen LogP contribution in [0.2, 0.25) is 5.02 Å². The quantitative estimate of drug-likeness (QED) is 0.889. The van der Waals surface area contributed by atoms with E-state index in [1.807, 2.05) is 36.4 Å². The van der Waals surface area contributed by atoms with Crippen molar-refractivity contribution in [1.82, 2.24) is 4.90 Å². The number of amides is 1. The molecule has 1 saturated heterocycles. The lowest BCUT2D eigenvalue weighted by Crippen LogP contribution is -2.44. The number of nitrogens with one attached hydrogen (secondary N) is 1. The number of carbonyl (C=O) groups excluding carboxylic acids is 1. The molecule has 136 valence electrons. The Labute approximate surface area is 159 Å². The fraction of sp³-hybridized carbons (Fsp3) is 0.381. The lowest BCUT2D eigenvalue weighted by molar-refractivity contribution is -0.117. The van der Waals surface area contributed by atoms with Crippen LogP contribution in [0.5, 0.6) is 0 Å². The first-order valence-electron chi connectivity index (χ1n) is 9.20. The van der Waals surface area contributed by atoms with Gasteiger partial charge in [0.05, 0.1) is 0 Å². The molecule has 5 heteroatoms. The fourth-order valence-corrected chi connectivity index (χ4v) is 3.94. The van der Waals surface area contributed by atoms with E-state index in [-0.39, 0.29) is 17.7 Å². The maximum absolute atomic E-state index is 12.5. The molecule has 1 heterocycles. The van der Waals surface area contributed by atoms with Crippen LogP contribution in [0, 0.1) is 5.92 Å². The number of carbonyl (C=O) groups is 1. The summed E-state index contributed by atoms with van der Waals surface area (Å²) in [5.41, 5.74) is 3.16. The Kier molecular flexibility index (Phi) is 4.88. The van der Waals surface area contributed by atoms with Gasteiger partial charge < -0.3 is 15.1 Å². The first-order chi connectivity index (χ1) is 12.6. The van der Waals surface area contributed by atoms with Crippen molar-refractivity contribution in [1.29, 1.82) is 0 Å². The van der Waals surface area contributed by atoms with Gasteiger partial charge in [-0.3, -0.25) is 4.79 Å². The van der Waals surface area contributed by atoms with Crippen molar-refractivity contribution in [2.24, 2.45) is 5.92 Å². The zero-order valence-electron chi connectivity index (χ0n) is 15.0. The number of likely N-dealkylation sites (N-methyl/N-ethyl adjacent to an activating group) is 1. The smallest absolute Gasteiger partial charge is 0.228 e. The molecule has 1 aliphatic heterocycles. The predicted molar refractivity (Wildman–Crippen MR) is 107 cm³/mol. The molecular weight excluding hydrogens is 346 g/mol. The molecule has 0 spiro atoms. The van der Waals surface area contributed by atoms with Gasteiger partial charge >= 0.3 is 0 Å². The molecule has 2 aliphatic rings. The Bertz CT molecular complexity index is 784. The third kappa shape index (κ3) is 3.71. The highest BCUT2D eigenvalue weighted by atomic mass is 35.5. The van der Waals surface area contributed by atoms with E-state index in [4.69, 9.17) is 11.6 Å². The molecule has 1 amide bonds. The molecule has 2 aromatic carbocycles. The van der Waals surface area contributed by atoms with E-state index in [1.165, 1.54) is 5.69 Å². The molecule has 1 saturated carbocycles. The van der Waals surface area contributed by atoms with E-state index < -0.39 is 0 Å². The van der Waals surface area contributed by atoms with Gasteiger partial charge in [-0.1, -0.05) is 29.8 Å². The van der Waals surface area contributed by atoms with Crippen molar-refractivity contribution >= 4 is 28.9 Å². The van der Waals surface area contributed by atoms with Gasteiger partial charge in [0.15, 0.2) is 0 Å². The summed E-state index contributed by atoms with van der Waals surface area (Å²) >= 11 is 6.25. The van der Waals surface area contributed by atoms with Crippen LogP contribution < -0.4 is 10.2 Å². The Morgan fingerprint density at radius 1 is 1.04 bits per heavy atom. The second-order valence-corrected chi connectivity index (χ2v) is 7.70. The van der Waals surface area contributed by atoms with Crippen molar-refractivity contribution in [3.05, 3.63) is 59.1 Å². The maximum atomic E-state index is 12.5. The maximum Gasteiger partial charge on any atom is 0.228 e. The molecular formula is C21H24ClN3O. The topological polar surface area (TPSA) is 35.6 Å². The molecule has 2 atom stereocenters. The van der Waals surface area contributed by atoms with Gasteiger partial charge in [0.2, 0.25) is 5.91 Å². The minimum atomic E-state index is 0.0206. The summed E-state index contributed by atoms with van der Waals surface area (Å²) in [6.07, 6.45) is 0.870. The molecule has 4 rings (SSSR count). The summed E-state index contributed by atoms with van der Waals surface area (Å²) in [4.78, 5) is 17.3. The number of benzene rings is 2. The van der Waals surface area contributed by atoms with Gasteiger partial charge in [0.1, 0.15) is 0 Å². The zero-order valence-corrected chi connectivity index (χ0v) is 15.7. The van der Waals surface area contributed by atoms with E-state index >= 15 is 0 Å². The summed E-state index contributed by atoms with van der Waals surface area (Å²) in [7, 11) is 2.16. The number of rotatable bonds is 4. The SMILES string of the molecule is CN1CCN(c2ccc(NC(=O)C3CC3c3ccccc3Cl)cc2)CC1. The molecule has 2 unspecified atom stereocenters. The molecule has 1 aliphatic carbocycles. The largest absolute Gasteiger partial charge is 0.369 e. The van der Waals surface area contributed by atoms with Gasteiger partial charge in [-0.15, -0.1) is 0 Å². The second-order valence-electron chi connectivity index (χ2n) is 7.30. The van der Waals surface area contributed by atoms with Gasteiger partial charge in [-0.2, -0.15) is 0 Å². The van der Waals surface area contributed by atoms with Gasteiger partial charge in [0, 0.05) is 48.5 Å². The summed E-state index contributed by atoms with van der Waals surface area (Å²) in [5.74, 6) is 0.350. The molecule has 26 heavy (non-hydrogen) atoms. The first kappa shape index (κ1) is 17.4. The molecule has 0 radical (unpaired) electrons. The normalized spacial score (nSPS) is 22.9. The fourth-order valence-electron chi connectivity index (χ4n) is 3.66. The van der Waals surface area contributed by atoms with Gasteiger partial charge in [0.25, 0.3) is 0 Å². The Balaban J connectivity index is 1.35. The average Bonchev–Trinajstić information content (AvgIpc) is 3.44. The van der Waals surface area contributed by atoms with Crippen molar-refractivity contribution in [3.63, 3.8) is 0 Å². The lowest BCUT2D eigenvalue weighted by Gasteiger charge is -2.34. The highest BCUT2D eigenvalue weighted by Gasteiger charge is 2.44. The van der Waals surface area contributed by atoms with Crippen LogP contribution in [-0.2, 0) is 4.79 Å². The molecule has 1 N–H and O–H groups in total. The summed E-state index contributed by atoms with van der Waals surface area (Å²) in [5, 5.41) is 3.81. The number of hydrogen-bond acceptors (Lipinski definition) is 3. The number of hydrogen-bond donors (Lipinski definition) is 1. The molecule has 2 fully saturated rings. The van der Waals surface area contributed by atoms with Crippen LogP contribution >= 0.6 is 11.6 Å². The number of piperazine rings is 1. The first-order valence-corrected chi connectivity index (χ1v) is 9.58. The van der Waals surface area contributed by atoms with Crippen LogP contribution in [0.3, 0.4) is 0 Å². The Hall–Kier alpha value is -2.04. The third-order valence-corrected chi connectivity index (χ3v) is 5.78. The highest BCUT2D eigenvalue weighted by Crippen LogP contribution is 2.50. The minimum Gasteiger partial charge on any atom is -0.369 e. The third-order valence-electron chi connectivity index (χ3n) is 5.44. The summed E-state index contributed by atoms with van der Waals surface area (Å²) in [6.45, 7) is 4.26. The molecule has 2 aromatic rings. The van der Waals surface area contributed by atoms with Crippen LogP contribution in [0.4, 0.5) is 11.4 Å². The van der Waals surface area contributed by atoms with Crippen LogP contribution in [0.1, 0.15) is 17.9 Å². The van der Waals surface area contributed by atoms with E-state index in [0.29, 0.717) is 0 Å². The van der Waals surface area contributed by atoms with Crippen molar-refractivity contribution in [2.45, 2.75) is 12.3 Å². The summed E-state index contributed by atoms with van der Waals surface area (Å²) in [6, 6.07) is 16.0. The van der Waals surface area contributed by atoms with Crippen molar-refractivity contribution in [2.75, 3.05) is 43.4 Å². The number of anilines is 2. The number of nitrogens with zero attached hydrogens (tertiary/aromatic N) is 2. The highest BCUT2D eigenvalue weighted by molar-refractivity contribution is 6.31. The second kappa shape index (κ2) is 7.29. The zero-order chi connectivity index (χ0) is 18.1. The van der Waals surface area contributed by atoms with E-state index in [9.17, 15) is 4.79 Å². The minimum absolute atomic E-state index is 0.0206. The predicted octanol–water partition coefficient (Wildman–Crippen LogP) is 3.83. The Morgan fingerprint density at radius 3 is 2.42 bits per heavy atom. The Morgan fingerprint density at radius 2 is 1.73 bits per heavy atom. The van der Waals surface area contributed by atoms with Crippen molar-refractivity contribution in [3.8, 4) is 0 Å². The van der Waals surface area contributed by atoms with E-state index in [2.05, 4.69) is 34.3 Å². The monoisotopic (exact) mass is 369 g/mol.